The molecule has 0 aliphatic heterocycles. The number of amides is 1. The lowest BCUT2D eigenvalue weighted by Crippen LogP contribution is -2.48. The SMILES string of the molecule is NCCNCc1ccc(CC(=O)N[C@@H](Cc2cccc(C(=O)O)c2OC=O)B(O)O)cc1. The van der Waals surface area contributed by atoms with Crippen LogP contribution in [0.4, 0.5) is 0 Å². The third kappa shape index (κ3) is 7.47. The smallest absolute Gasteiger partial charge is 0.475 e. The van der Waals surface area contributed by atoms with Crippen molar-refractivity contribution >= 4 is 25.5 Å². The molecule has 7 N–H and O–H groups in total. The second-order valence-electron chi connectivity index (χ2n) is 7.06. The lowest BCUT2D eigenvalue weighted by molar-refractivity contribution is -0.121. The molecule has 2 rings (SSSR count). The predicted molar refractivity (Wildman–Crippen MR) is 117 cm³/mol. The standard InChI is InChI=1S/C21H26BN3O7/c23-8-9-24-12-15-6-4-14(5-7-15)10-19(27)25-18(22(30)31)11-16-2-1-3-17(21(28)29)20(16)32-13-26/h1-7,13,18,24,30-31H,8-12,23H2,(H,25,27)(H,28,29)/t18-/m0/s1. The number of benzene rings is 2. The average Bonchev–Trinajstić information content (AvgIpc) is 2.75. The van der Waals surface area contributed by atoms with Gasteiger partial charge in [-0.25, -0.2) is 4.79 Å². The van der Waals surface area contributed by atoms with Gasteiger partial charge in [0.1, 0.15) is 11.3 Å². The zero-order chi connectivity index (χ0) is 23.5. The highest BCUT2D eigenvalue weighted by Gasteiger charge is 2.28. The Morgan fingerprint density at radius 1 is 1.12 bits per heavy atom. The van der Waals surface area contributed by atoms with Gasteiger partial charge in [-0.05, 0) is 29.2 Å². The van der Waals surface area contributed by atoms with Gasteiger partial charge in [-0.2, -0.15) is 0 Å². The van der Waals surface area contributed by atoms with Crippen LogP contribution in [-0.4, -0.2) is 59.7 Å². The minimum atomic E-state index is -1.92. The van der Waals surface area contributed by atoms with E-state index in [2.05, 4.69) is 10.6 Å². The molecule has 0 radical (unpaired) electrons. The molecule has 0 aliphatic carbocycles. The lowest BCUT2D eigenvalue weighted by atomic mass is 9.75. The van der Waals surface area contributed by atoms with Crippen LogP contribution in [0.15, 0.2) is 42.5 Å². The molecule has 0 bridgehead atoms. The summed E-state index contributed by atoms with van der Waals surface area (Å²) in [5.74, 6) is -3.13. The molecule has 1 atom stereocenters. The van der Waals surface area contributed by atoms with E-state index >= 15 is 0 Å². The van der Waals surface area contributed by atoms with E-state index in [1.54, 1.807) is 12.1 Å². The third-order valence-electron chi connectivity index (χ3n) is 4.68. The molecule has 0 aromatic heterocycles. The summed E-state index contributed by atoms with van der Waals surface area (Å²) in [4.78, 5) is 34.6. The molecule has 0 saturated heterocycles. The number of carboxylic acid groups (broad SMARTS) is 1. The number of carbonyl (C=O) groups excluding carboxylic acids is 2. The Hall–Kier alpha value is -3.25. The summed E-state index contributed by atoms with van der Waals surface area (Å²) in [5, 5.41) is 34.4. The number of carboxylic acids is 1. The van der Waals surface area contributed by atoms with Crippen LogP contribution in [0.5, 0.6) is 5.75 Å². The normalized spacial score (nSPS) is 11.5. The highest BCUT2D eigenvalue weighted by molar-refractivity contribution is 6.43. The van der Waals surface area contributed by atoms with E-state index in [0.717, 1.165) is 11.1 Å². The lowest BCUT2D eigenvalue weighted by Gasteiger charge is -2.19. The zero-order valence-electron chi connectivity index (χ0n) is 17.4. The molecule has 170 valence electrons. The van der Waals surface area contributed by atoms with Gasteiger partial charge in [0, 0.05) is 19.6 Å². The second kappa shape index (κ2) is 12.6. The van der Waals surface area contributed by atoms with Gasteiger partial charge in [0.15, 0.2) is 0 Å². The molecule has 1 amide bonds. The number of nitrogens with two attached hydrogens (primary N) is 1. The fourth-order valence-corrected chi connectivity index (χ4v) is 3.12. The van der Waals surface area contributed by atoms with Gasteiger partial charge in [-0.3, -0.25) is 9.59 Å². The minimum absolute atomic E-state index is 0.00654. The van der Waals surface area contributed by atoms with Gasteiger partial charge in [-0.1, -0.05) is 36.4 Å². The van der Waals surface area contributed by atoms with Crippen molar-refractivity contribution in [2.45, 2.75) is 25.3 Å². The van der Waals surface area contributed by atoms with Crippen molar-refractivity contribution in [2.75, 3.05) is 13.1 Å². The van der Waals surface area contributed by atoms with Gasteiger partial charge in [0.25, 0.3) is 6.47 Å². The van der Waals surface area contributed by atoms with Crippen molar-refractivity contribution < 1.29 is 34.3 Å². The maximum Gasteiger partial charge on any atom is 0.475 e. The number of carbonyl (C=O) groups is 3. The van der Waals surface area contributed by atoms with Gasteiger partial charge in [-0.15, -0.1) is 0 Å². The Morgan fingerprint density at radius 3 is 2.41 bits per heavy atom. The highest BCUT2D eigenvalue weighted by Crippen LogP contribution is 2.25. The first-order chi connectivity index (χ1) is 15.3. The van der Waals surface area contributed by atoms with Crippen LogP contribution in [0.25, 0.3) is 0 Å². The number of hydrogen-bond donors (Lipinski definition) is 6. The Kier molecular flexibility index (Phi) is 9.83. The summed E-state index contributed by atoms with van der Waals surface area (Å²) in [5.41, 5.74) is 7.17. The maximum atomic E-state index is 12.5. The molecule has 0 saturated carbocycles. The predicted octanol–water partition coefficient (Wildman–Crippen LogP) is -0.750. The maximum absolute atomic E-state index is 12.5. The summed E-state index contributed by atoms with van der Waals surface area (Å²) in [6, 6.07) is 11.5. The quantitative estimate of drug-likeness (QED) is 0.132. The molecule has 0 aliphatic rings. The summed E-state index contributed by atoms with van der Waals surface area (Å²) in [7, 11) is -1.92. The summed E-state index contributed by atoms with van der Waals surface area (Å²) < 4.78 is 4.81. The van der Waals surface area contributed by atoms with Crippen LogP contribution in [0.2, 0.25) is 0 Å². The topological polar surface area (TPSA) is 171 Å². The van der Waals surface area contributed by atoms with Crippen molar-refractivity contribution in [2.24, 2.45) is 5.73 Å². The van der Waals surface area contributed by atoms with Gasteiger partial charge in [0.2, 0.25) is 5.91 Å². The van der Waals surface area contributed by atoms with Crippen LogP contribution >= 0.6 is 0 Å². The molecule has 0 fully saturated rings. The summed E-state index contributed by atoms with van der Waals surface area (Å²) in [6.07, 6.45) is -0.161. The monoisotopic (exact) mass is 443 g/mol. The van der Waals surface area contributed by atoms with Crippen LogP contribution in [0, 0.1) is 0 Å². The van der Waals surface area contributed by atoms with Crippen LogP contribution < -0.4 is 21.1 Å². The number of nitrogens with one attached hydrogen (secondary N) is 2. The summed E-state index contributed by atoms with van der Waals surface area (Å²) >= 11 is 0. The van der Waals surface area contributed by atoms with Crippen molar-refractivity contribution in [1.82, 2.24) is 10.6 Å². The molecule has 0 heterocycles. The molecule has 0 spiro atoms. The zero-order valence-corrected chi connectivity index (χ0v) is 17.4. The van der Waals surface area contributed by atoms with Crippen molar-refractivity contribution in [1.29, 1.82) is 0 Å². The first kappa shape index (κ1) is 25.0. The summed E-state index contributed by atoms with van der Waals surface area (Å²) in [6.45, 7) is 1.98. The fraction of sp³-hybridized carbons (Fsp3) is 0.286. The van der Waals surface area contributed by atoms with Crippen LogP contribution in [0.1, 0.15) is 27.0 Å². The second-order valence-corrected chi connectivity index (χ2v) is 7.06. The third-order valence-corrected chi connectivity index (χ3v) is 4.68. The van der Waals surface area contributed by atoms with E-state index in [-0.39, 0.29) is 36.2 Å². The molecular weight excluding hydrogens is 417 g/mol. The molecule has 32 heavy (non-hydrogen) atoms. The van der Waals surface area contributed by atoms with Crippen molar-refractivity contribution in [3.8, 4) is 5.75 Å². The van der Waals surface area contributed by atoms with Crippen molar-refractivity contribution in [3.05, 3.63) is 64.7 Å². The van der Waals surface area contributed by atoms with Gasteiger partial charge < -0.3 is 36.3 Å². The van der Waals surface area contributed by atoms with Crippen molar-refractivity contribution in [3.63, 3.8) is 0 Å². The van der Waals surface area contributed by atoms with Gasteiger partial charge >= 0.3 is 13.1 Å². The minimum Gasteiger partial charge on any atom is -0.478 e. The number of para-hydroxylation sites is 1. The van der Waals surface area contributed by atoms with E-state index in [9.17, 15) is 29.5 Å². The number of hydrogen-bond acceptors (Lipinski definition) is 8. The average molecular weight is 443 g/mol. The molecule has 0 unspecified atom stereocenters. The first-order valence-corrected chi connectivity index (χ1v) is 9.95. The number of ether oxygens (including phenoxy) is 1. The number of aromatic carboxylic acids is 1. The Labute approximate surface area is 185 Å². The van der Waals surface area contributed by atoms with E-state index in [0.29, 0.717) is 19.6 Å². The van der Waals surface area contributed by atoms with Crippen LogP contribution in [0.3, 0.4) is 0 Å². The first-order valence-electron chi connectivity index (χ1n) is 9.95. The molecular formula is C21H26BN3O7. The molecule has 2 aromatic rings. The number of rotatable bonds is 13. The van der Waals surface area contributed by atoms with Gasteiger partial charge in [0.05, 0.1) is 12.4 Å². The van der Waals surface area contributed by atoms with E-state index in [1.165, 1.54) is 18.2 Å². The van der Waals surface area contributed by atoms with E-state index in [4.69, 9.17) is 10.5 Å². The highest BCUT2D eigenvalue weighted by atomic mass is 16.5. The van der Waals surface area contributed by atoms with Crippen LogP contribution in [-0.2, 0) is 29.0 Å². The Morgan fingerprint density at radius 2 is 1.81 bits per heavy atom. The molecule has 2 aromatic carbocycles. The fourth-order valence-electron chi connectivity index (χ4n) is 3.12. The Bertz CT molecular complexity index is 922. The van der Waals surface area contributed by atoms with E-state index in [1.807, 2.05) is 12.1 Å². The van der Waals surface area contributed by atoms with E-state index < -0.39 is 24.9 Å². The Balaban J connectivity index is 2.06. The largest absolute Gasteiger partial charge is 0.478 e. The molecule has 11 heteroatoms. The molecule has 10 nitrogen and oxygen atoms in total.